The lowest BCUT2D eigenvalue weighted by atomic mass is 10.4. The van der Waals surface area contributed by atoms with Gasteiger partial charge in [0.25, 0.3) is 0 Å². The van der Waals surface area contributed by atoms with Crippen molar-refractivity contribution in [3.8, 4) is 0 Å². The Kier molecular flexibility index (Phi) is 5.55. The standard InChI is InChI=1S/C14H12BrClO2S2/c15-11-1-5-13(6-2-11)19-9-10-20(17,18)14-7-3-12(16)4-8-14/h1-8H,9-10H2. The van der Waals surface area contributed by atoms with Gasteiger partial charge in [0.05, 0.1) is 10.6 Å². The first kappa shape index (κ1) is 15.9. The molecular weight excluding hydrogens is 380 g/mol. The van der Waals surface area contributed by atoms with E-state index < -0.39 is 9.84 Å². The third-order valence-electron chi connectivity index (χ3n) is 2.61. The largest absolute Gasteiger partial charge is 0.224 e. The predicted molar refractivity (Wildman–Crippen MR) is 88.4 cm³/mol. The molecule has 0 aliphatic rings. The molecule has 0 atom stereocenters. The Morgan fingerprint density at radius 2 is 1.60 bits per heavy atom. The molecule has 0 aromatic heterocycles. The molecule has 0 amide bonds. The van der Waals surface area contributed by atoms with Crippen LogP contribution in [-0.4, -0.2) is 19.9 Å². The van der Waals surface area contributed by atoms with E-state index in [2.05, 4.69) is 15.9 Å². The van der Waals surface area contributed by atoms with Crippen molar-refractivity contribution >= 4 is 49.1 Å². The van der Waals surface area contributed by atoms with Crippen molar-refractivity contribution in [3.05, 3.63) is 58.0 Å². The van der Waals surface area contributed by atoms with E-state index >= 15 is 0 Å². The van der Waals surface area contributed by atoms with Crippen LogP contribution >= 0.6 is 39.3 Å². The van der Waals surface area contributed by atoms with Gasteiger partial charge in [0.2, 0.25) is 0 Å². The van der Waals surface area contributed by atoms with E-state index in [0.29, 0.717) is 15.7 Å². The summed E-state index contributed by atoms with van der Waals surface area (Å²) in [5, 5.41) is 0.535. The molecule has 0 aliphatic carbocycles. The van der Waals surface area contributed by atoms with E-state index in [1.54, 1.807) is 24.3 Å². The Bertz CT molecular complexity index is 667. The molecule has 2 aromatic rings. The molecule has 0 heterocycles. The van der Waals surface area contributed by atoms with Crippen LogP contribution in [0.4, 0.5) is 0 Å². The molecule has 20 heavy (non-hydrogen) atoms. The van der Waals surface area contributed by atoms with Crippen LogP contribution in [0.2, 0.25) is 5.02 Å². The highest BCUT2D eigenvalue weighted by molar-refractivity contribution is 9.10. The summed E-state index contributed by atoms with van der Waals surface area (Å²) < 4.78 is 25.3. The number of benzene rings is 2. The smallest absolute Gasteiger partial charge is 0.179 e. The summed E-state index contributed by atoms with van der Waals surface area (Å²) in [5.41, 5.74) is 0. The first-order valence-corrected chi connectivity index (χ1v) is 9.65. The second kappa shape index (κ2) is 6.98. The second-order valence-electron chi connectivity index (χ2n) is 4.08. The topological polar surface area (TPSA) is 34.1 Å². The number of hydrogen-bond acceptors (Lipinski definition) is 3. The van der Waals surface area contributed by atoms with Gasteiger partial charge in [-0.2, -0.15) is 0 Å². The maximum absolute atomic E-state index is 12.1. The van der Waals surface area contributed by atoms with Gasteiger partial charge in [0.15, 0.2) is 9.84 Å². The van der Waals surface area contributed by atoms with E-state index in [0.717, 1.165) is 9.37 Å². The van der Waals surface area contributed by atoms with Crippen molar-refractivity contribution in [3.63, 3.8) is 0 Å². The van der Waals surface area contributed by atoms with Crippen LogP contribution in [0.1, 0.15) is 0 Å². The zero-order valence-corrected chi connectivity index (χ0v) is 14.4. The lowest BCUT2D eigenvalue weighted by Gasteiger charge is -2.05. The van der Waals surface area contributed by atoms with Gasteiger partial charge >= 0.3 is 0 Å². The van der Waals surface area contributed by atoms with E-state index in [-0.39, 0.29) is 5.75 Å². The Hall–Kier alpha value is -0.490. The van der Waals surface area contributed by atoms with Crippen LogP contribution in [0.5, 0.6) is 0 Å². The normalized spacial score (nSPS) is 11.5. The van der Waals surface area contributed by atoms with Crippen LogP contribution in [0.15, 0.2) is 62.8 Å². The Morgan fingerprint density at radius 1 is 1.00 bits per heavy atom. The third kappa shape index (κ3) is 4.52. The zero-order chi connectivity index (χ0) is 14.6. The number of sulfone groups is 1. The lowest BCUT2D eigenvalue weighted by molar-refractivity contribution is 0.597. The summed E-state index contributed by atoms with van der Waals surface area (Å²) in [6, 6.07) is 14.1. The third-order valence-corrected chi connectivity index (χ3v) is 6.39. The van der Waals surface area contributed by atoms with Gasteiger partial charge in [0.1, 0.15) is 0 Å². The van der Waals surface area contributed by atoms with Crippen LogP contribution in [0, 0.1) is 0 Å². The van der Waals surface area contributed by atoms with Gasteiger partial charge in [-0.3, -0.25) is 0 Å². The maximum Gasteiger partial charge on any atom is 0.179 e. The molecule has 0 radical (unpaired) electrons. The first-order chi connectivity index (χ1) is 9.47. The molecule has 2 rings (SSSR count). The highest BCUT2D eigenvalue weighted by Gasteiger charge is 2.13. The maximum atomic E-state index is 12.1. The predicted octanol–water partition coefficient (Wildman–Crippen LogP) is 4.67. The van der Waals surface area contributed by atoms with Crippen molar-refractivity contribution in [2.75, 3.05) is 11.5 Å². The number of hydrogen-bond donors (Lipinski definition) is 0. The molecule has 0 spiro atoms. The minimum Gasteiger partial charge on any atom is -0.224 e. The van der Waals surface area contributed by atoms with E-state index in [1.165, 1.54) is 11.8 Å². The summed E-state index contributed by atoms with van der Waals surface area (Å²) in [6.07, 6.45) is 0. The van der Waals surface area contributed by atoms with Gasteiger partial charge in [-0.25, -0.2) is 8.42 Å². The van der Waals surface area contributed by atoms with Crippen LogP contribution in [-0.2, 0) is 9.84 Å². The summed E-state index contributed by atoms with van der Waals surface area (Å²) in [5.74, 6) is 0.627. The second-order valence-corrected chi connectivity index (χ2v) is 8.70. The molecule has 0 aliphatic heterocycles. The van der Waals surface area contributed by atoms with Crippen LogP contribution in [0.25, 0.3) is 0 Å². The fourth-order valence-corrected chi connectivity index (χ4v) is 4.51. The van der Waals surface area contributed by atoms with Gasteiger partial charge < -0.3 is 0 Å². The van der Waals surface area contributed by atoms with Crippen molar-refractivity contribution < 1.29 is 8.42 Å². The van der Waals surface area contributed by atoms with Crippen LogP contribution < -0.4 is 0 Å². The Labute approximate surface area is 136 Å². The minimum atomic E-state index is -3.24. The monoisotopic (exact) mass is 390 g/mol. The molecule has 0 saturated heterocycles. The summed E-state index contributed by atoms with van der Waals surface area (Å²) in [4.78, 5) is 1.37. The highest BCUT2D eigenvalue weighted by Crippen LogP contribution is 2.22. The van der Waals surface area contributed by atoms with E-state index in [1.807, 2.05) is 24.3 Å². The molecule has 2 aromatic carbocycles. The van der Waals surface area contributed by atoms with Crippen molar-refractivity contribution in [2.45, 2.75) is 9.79 Å². The number of halogens is 2. The first-order valence-electron chi connectivity index (χ1n) is 5.84. The van der Waals surface area contributed by atoms with Gasteiger partial charge in [-0.1, -0.05) is 27.5 Å². The lowest BCUT2D eigenvalue weighted by Crippen LogP contribution is -2.08. The minimum absolute atomic E-state index is 0.107. The highest BCUT2D eigenvalue weighted by atomic mass is 79.9. The van der Waals surface area contributed by atoms with Gasteiger partial charge in [0, 0.05) is 20.1 Å². The van der Waals surface area contributed by atoms with E-state index in [9.17, 15) is 8.42 Å². The zero-order valence-electron chi connectivity index (χ0n) is 10.4. The SMILES string of the molecule is O=S(=O)(CCSc1ccc(Br)cc1)c1ccc(Cl)cc1. The van der Waals surface area contributed by atoms with Crippen molar-refractivity contribution in [1.82, 2.24) is 0 Å². The summed E-state index contributed by atoms with van der Waals surface area (Å²) in [6.45, 7) is 0. The van der Waals surface area contributed by atoms with Gasteiger partial charge in [-0.05, 0) is 48.5 Å². The number of thioether (sulfide) groups is 1. The van der Waals surface area contributed by atoms with Crippen molar-refractivity contribution in [1.29, 1.82) is 0 Å². The average Bonchev–Trinajstić information content (AvgIpc) is 2.41. The van der Waals surface area contributed by atoms with E-state index in [4.69, 9.17) is 11.6 Å². The molecule has 2 nitrogen and oxygen atoms in total. The summed E-state index contributed by atoms with van der Waals surface area (Å²) in [7, 11) is -3.24. The molecular formula is C14H12BrClO2S2. The molecule has 0 saturated carbocycles. The molecule has 0 unspecified atom stereocenters. The fraction of sp³-hybridized carbons (Fsp3) is 0.143. The summed E-state index contributed by atoms with van der Waals surface area (Å²) >= 11 is 10.6. The van der Waals surface area contributed by atoms with Gasteiger partial charge in [-0.15, -0.1) is 11.8 Å². The average molecular weight is 392 g/mol. The molecule has 0 fully saturated rings. The molecule has 106 valence electrons. The fourth-order valence-electron chi connectivity index (χ4n) is 1.56. The molecule has 6 heteroatoms. The molecule has 0 bridgehead atoms. The molecule has 0 N–H and O–H groups in total. The van der Waals surface area contributed by atoms with Crippen molar-refractivity contribution in [2.24, 2.45) is 0 Å². The Balaban J connectivity index is 1.96. The van der Waals surface area contributed by atoms with Crippen LogP contribution in [0.3, 0.4) is 0 Å². The quantitative estimate of drug-likeness (QED) is 0.695. The Morgan fingerprint density at radius 3 is 2.20 bits per heavy atom. The number of rotatable bonds is 5.